The maximum atomic E-state index is 13.2. The number of aromatic nitrogens is 6. The van der Waals surface area contributed by atoms with Gasteiger partial charge < -0.3 is 20.8 Å². The van der Waals surface area contributed by atoms with Crippen LogP contribution in [0.25, 0.3) is 33.4 Å². The van der Waals surface area contributed by atoms with E-state index in [0.29, 0.717) is 44.6 Å². The molecule has 0 aliphatic rings. The summed E-state index contributed by atoms with van der Waals surface area (Å²) >= 11 is 0. The Bertz CT molecular complexity index is 2240. The number of nitrogens with zero attached hydrogens (tertiary/aromatic N) is 6. The molecule has 0 aliphatic heterocycles. The van der Waals surface area contributed by atoms with E-state index in [0.717, 1.165) is 17.5 Å². The standard InChI is InChI=1S/C40H46N8O4/c1-38(2,3)23-40(7,8)27-18-25(35(50)33(20-27)48-45-30-15-11-12-16-31(30)46-48)22-42-37(52)36(51)41-21-24-17-26(39(4,5)6)19-32(34(24)49)47-43-28-13-9-10-14-29(28)44-47/h9-20,49-50H,21-23H2,1-8H3,(H,41,51)(H,42,52). The first-order valence-electron chi connectivity index (χ1n) is 17.3. The van der Waals surface area contributed by atoms with Gasteiger partial charge in [-0.15, -0.1) is 30.0 Å². The minimum atomic E-state index is -0.894. The Morgan fingerprint density at radius 2 is 0.962 bits per heavy atom. The summed E-state index contributed by atoms with van der Waals surface area (Å²) in [6.45, 7) is 16.7. The number of phenols is 2. The smallest absolute Gasteiger partial charge is 0.309 e. The number of aromatic hydroxyl groups is 2. The molecule has 2 aromatic heterocycles. The van der Waals surface area contributed by atoms with Crippen LogP contribution in [0, 0.1) is 5.41 Å². The molecule has 6 aromatic rings. The van der Waals surface area contributed by atoms with Gasteiger partial charge in [0.05, 0.1) is 0 Å². The summed E-state index contributed by atoms with van der Waals surface area (Å²) < 4.78 is 0. The van der Waals surface area contributed by atoms with Crippen LogP contribution in [0.15, 0.2) is 72.8 Å². The van der Waals surface area contributed by atoms with Crippen molar-refractivity contribution in [2.24, 2.45) is 5.41 Å². The molecule has 2 heterocycles. The molecule has 2 amide bonds. The van der Waals surface area contributed by atoms with E-state index in [4.69, 9.17) is 0 Å². The van der Waals surface area contributed by atoms with Crippen molar-refractivity contribution in [3.63, 3.8) is 0 Å². The molecule has 270 valence electrons. The lowest BCUT2D eigenvalue weighted by Crippen LogP contribution is -2.39. The summed E-state index contributed by atoms with van der Waals surface area (Å²) in [6, 6.07) is 22.2. The van der Waals surface area contributed by atoms with Crippen LogP contribution >= 0.6 is 0 Å². The van der Waals surface area contributed by atoms with Crippen LogP contribution < -0.4 is 10.6 Å². The first-order valence-corrected chi connectivity index (χ1v) is 17.3. The van der Waals surface area contributed by atoms with E-state index in [-0.39, 0.29) is 40.8 Å². The third-order valence-electron chi connectivity index (χ3n) is 9.05. The minimum absolute atomic E-state index is 0.0112. The molecule has 0 unspecified atom stereocenters. The largest absolute Gasteiger partial charge is 0.505 e. The van der Waals surface area contributed by atoms with Crippen molar-refractivity contribution in [2.75, 3.05) is 0 Å². The summed E-state index contributed by atoms with van der Waals surface area (Å²) in [5, 5.41) is 46.4. The molecule has 0 radical (unpaired) electrons. The van der Waals surface area contributed by atoms with E-state index in [1.807, 2.05) is 87.5 Å². The maximum Gasteiger partial charge on any atom is 0.309 e. The average molecular weight is 703 g/mol. The van der Waals surface area contributed by atoms with E-state index in [1.165, 1.54) is 9.59 Å². The normalized spacial score (nSPS) is 12.4. The first kappa shape index (κ1) is 36.0. The Kier molecular flexibility index (Phi) is 9.29. The minimum Gasteiger partial charge on any atom is -0.505 e. The van der Waals surface area contributed by atoms with Crippen molar-refractivity contribution >= 4 is 33.9 Å². The number of fused-ring (bicyclic) bond motifs is 2. The van der Waals surface area contributed by atoms with Gasteiger partial charge in [-0.05, 0) is 82.3 Å². The molecular weight excluding hydrogens is 656 g/mol. The molecule has 52 heavy (non-hydrogen) atoms. The van der Waals surface area contributed by atoms with E-state index in [9.17, 15) is 19.8 Å². The summed E-state index contributed by atoms with van der Waals surface area (Å²) in [4.78, 5) is 29.1. The van der Waals surface area contributed by atoms with E-state index in [1.54, 1.807) is 6.07 Å². The lowest BCUT2D eigenvalue weighted by atomic mass is 9.72. The van der Waals surface area contributed by atoms with Crippen molar-refractivity contribution in [3.05, 3.63) is 95.1 Å². The van der Waals surface area contributed by atoms with Crippen LogP contribution in [-0.2, 0) is 33.5 Å². The third-order valence-corrected chi connectivity index (χ3v) is 9.05. The van der Waals surface area contributed by atoms with Gasteiger partial charge in [-0.1, -0.05) is 79.7 Å². The zero-order valence-electron chi connectivity index (χ0n) is 30.9. The molecule has 0 saturated carbocycles. The molecule has 6 rings (SSSR count). The second-order valence-electron chi connectivity index (χ2n) is 16.2. The third kappa shape index (κ3) is 7.60. The predicted molar refractivity (Wildman–Crippen MR) is 201 cm³/mol. The molecule has 12 nitrogen and oxygen atoms in total. The van der Waals surface area contributed by atoms with E-state index < -0.39 is 11.8 Å². The fourth-order valence-electron chi connectivity index (χ4n) is 6.63. The number of carbonyl (C=O) groups excluding carboxylic acids is 2. The topological polar surface area (TPSA) is 160 Å². The average Bonchev–Trinajstić information content (AvgIpc) is 3.70. The monoisotopic (exact) mass is 702 g/mol. The van der Waals surface area contributed by atoms with Crippen LogP contribution in [0.2, 0.25) is 0 Å². The van der Waals surface area contributed by atoms with Crippen LogP contribution in [0.1, 0.15) is 84.1 Å². The molecule has 0 saturated heterocycles. The Hall–Kier alpha value is -5.78. The van der Waals surface area contributed by atoms with Crippen LogP contribution in [0.5, 0.6) is 11.5 Å². The van der Waals surface area contributed by atoms with Crippen LogP contribution in [-0.4, -0.2) is 52.0 Å². The number of hydrogen-bond donors (Lipinski definition) is 4. The summed E-state index contributed by atoms with van der Waals surface area (Å²) in [7, 11) is 0. The van der Waals surface area contributed by atoms with Gasteiger partial charge in [0.1, 0.15) is 44.9 Å². The predicted octanol–water partition coefficient (Wildman–Crippen LogP) is 6.51. The van der Waals surface area contributed by atoms with Gasteiger partial charge in [-0.25, -0.2) is 0 Å². The van der Waals surface area contributed by atoms with E-state index in [2.05, 4.69) is 65.6 Å². The van der Waals surface area contributed by atoms with Crippen LogP contribution in [0.4, 0.5) is 0 Å². The van der Waals surface area contributed by atoms with Crippen molar-refractivity contribution in [3.8, 4) is 22.9 Å². The van der Waals surface area contributed by atoms with Gasteiger partial charge in [0.15, 0.2) is 0 Å². The second-order valence-corrected chi connectivity index (χ2v) is 16.2. The zero-order valence-corrected chi connectivity index (χ0v) is 30.9. The molecule has 0 spiro atoms. The molecule has 0 bridgehead atoms. The molecule has 4 N–H and O–H groups in total. The highest BCUT2D eigenvalue weighted by atomic mass is 16.3. The Morgan fingerprint density at radius 1 is 0.596 bits per heavy atom. The number of carbonyl (C=O) groups is 2. The van der Waals surface area contributed by atoms with E-state index >= 15 is 0 Å². The first-order chi connectivity index (χ1) is 24.4. The summed E-state index contributed by atoms with van der Waals surface area (Å²) in [5.74, 6) is -2.00. The highest BCUT2D eigenvalue weighted by Gasteiger charge is 2.30. The highest BCUT2D eigenvalue weighted by molar-refractivity contribution is 6.35. The van der Waals surface area contributed by atoms with Gasteiger partial charge in [0.2, 0.25) is 0 Å². The SMILES string of the molecule is CC(C)(C)CC(C)(C)c1cc(CNC(=O)C(=O)NCc2cc(C(C)(C)C)cc(-n3nc4ccccc4n3)c2O)c(O)c(-n2nc3ccccc3n2)c1. The van der Waals surface area contributed by atoms with Gasteiger partial charge in [0.25, 0.3) is 0 Å². The van der Waals surface area contributed by atoms with Crippen molar-refractivity contribution in [1.82, 2.24) is 40.6 Å². The molecule has 4 aromatic carbocycles. The molecular formula is C40H46N8O4. The number of phenolic OH excluding ortho intramolecular Hbond substituents is 2. The lowest BCUT2D eigenvalue weighted by molar-refractivity contribution is -0.139. The number of rotatable bonds is 8. The van der Waals surface area contributed by atoms with Crippen molar-refractivity contribution in [2.45, 2.75) is 85.7 Å². The quantitative estimate of drug-likeness (QED) is 0.131. The maximum absolute atomic E-state index is 13.2. The Morgan fingerprint density at radius 3 is 1.33 bits per heavy atom. The van der Waals surface area contributed by atoms with Crippen molar-refractivity contribution < 1.29 is 19.8 Å². The number of amides is 2. The number of nitrogens with one attached hydrogen (secondary N) is 2. The highest BCUT2D eigenvalue weighted by Crippen LogP contribution is 2.40. The summed E-state index contributed by atoms with van der Waals surface area (Å²) in [5.41, 5.74) is 5.44. The van der Waals surface area contributed by atoms with Crippen LogP contribution in [0.3, 0.4) is 0 Å². The zero-order chi connectivity index (χ0) is 37.6. The van der Waals surface area contributed by atoms with Gasteiger partial charge in [-0.3, -0.25) is 9.59 Å². The molecule has 0 aliphatic carbocycles. The Labute approximate surface area is 302 Å². The molecule has 12 heteroatoms. The fraction of sp³-hybridized carbons (Fsp3) is 0.350. The molecule has 0 atom stereocenters. The lowest BCUT2D eigenvalue weighted by Gasteiger charge is -2.33. The van der Waals surface area contributed by atoms with Crippen molar-refractivity contribution in [1.29, 1.82) is 0 Å². The number of hydrogen-bond acceptors (Lipinski definition) is 8. The van der Waals surface area contributed by atoms with Gasteiger partial charge >= 0.3 is 11.8 Å². The van der Waals surface area contributed by atoms with Gasteiger partial charge in [0, 0.05) is 24.2 Å². The fourth-order valence-corrected chi connectivity index (χ4v) is 6.63. The number of benzene rings is 4. The Balaban J connectivity index is 1.24. The second kappa shape index (κ2) is 13.4. The van der Waals surface area contributed by atoms with Gasteiger partial charge in [-0.2, -0.15) is 0 Å². The summed E-state index contributed by atoms with van der Waals surface area (Å²) in [6.07, 6.45) is 0.838. The molecule has 0 fully saturated rings.